The molecule has 1 aromatic heterocycles. The lowest BCUT2D eigenvalue weighted by atomic mass is 9.82. The minimum Gasteiger partial charge on any atom is -0.311 e. The monoisotopic (exact) mass is 401 g/mol. The van der Waals surface area contributed by atoms with E-state index in [1.54, 1.807) is 12.1 Å². The molecule has 4 nitrogen and oxygen atoms in total. The van der Waals surface area contributed by atoms with Gasteiger partial charge in [0.05, 0.1) is 0 Å². The van der Waals surface area contributed by atoms with Gasteiger partial charge in [0.25, 0.3) is 5.91 Å². The van der Waals surface area contributed by atoms with E-state index >= 15 is 0 Å². The molecule has 0 spiro atoms. The van der Waals surface area contributed by atoms with Gasteiger partial charge in [-0.1, -0.05) is 57.5 Å². The fourth-order valence-corrected chi connectivity index (χ4v) is 3.45. The molecule has 1 amide bonds. The third-order valence-corrected chi connectivity index (χ3v) is 4.53. The van der Waals surface area contributed by atoms with Crippen LogP contribution in [-0.2, 0) is 6.18 Å². The Morgan fingerprint density at radius 1 is 1.26 bits per heavy atom. The second-order valence-corrected chi connectivity index (χ2v) is 8.23. The molecule has 1 N–H and O–H groups in total. The van der Waals surface area contributed by atoms with Crippen molar-refractivity contribution < 1.29 is 18.0 Å². The van der Waals surface area contributed by atoms with Crippen LogP contribution in [0.4, 0.5) is 18.9 Å². The quantitative estimate of drug-likeness (QED) is 0.693. The van der Waals surface area contributed by atoms with E-state index in [4.69, 9.17) is 11.6 Å². The summed E-state index contributed by atoms with van der Waals surface area (Å²) in [4.78, 5) is 14.0. The summed E-state index contributed by atoms with van der Waals surface area (Å²) >= 11 is 5.80. The zero-order chi connectivity index (χ0) is 20.6. The average molecular weight is 402 g/mol. The average Bonchev–Trinajstić information content (AvgIpc) is 2.93. The van der Waals surface area contributed by atoms with Gasteiger partial charge in [-0.3, -0.25) is 9.89 Å². The number of carbonyl (C=O) groups is 1. The highest BCUT2D eigenvalue weighted by Gasteiger charge is 2.41. The summed E-state index contributed by atoms with van der Waals surface area (Å²) < 4.78 is 39.5. The third-order valence-electron chi connectivity index (χ3n) is 4.26. The van der Waals surface area contributed by atoms with Gasteiger partial charge in [-0.2, -0.15) is 18.3 Å². The van der Waals surface area contributed by atoms with Gasteiger partial charge >= 0.3 is 6.18 Å². The van der Waals surface area contributed by atoms with Gasteiger partial charge in [0.2, 0.25) is 0 Å². The number of halogens is 4. The lowest BCUT2D eigenvalue weighted by Gasteiger charge is -2.28. The summed E-state index contributed by atoms with van der Waals surface area (Å²) in [7, 11) is 1.44. The van der Waals surface area contributed by atoms with Crippen LogP contribution in [0.5, 0.6) is 0 Å². The predicted octanol–water partition coefficient (Wildman–Crippen LogP) is 5.90. The highest BCUT2D eigenvalue weighted by atomic mass is 35.5. The molecule has 1 aromatic carbocycles. The maximum atomic E-state index is 13.2. The van der Waals surface area contributed by atoms with Gasteiger partial charge in [-0.05, 0) is 29.4 Å². The summed E-state index contributed by atoms with van der Waals surface area (Å²) in [6, 6.07) is 7.20. The van der Waals surface area contributed by atoms with Crippen molar-refractivity contribution in [1.29, 1.82) is 0 Å². The van der Waals surface area contributed by atoms with E-state index in [1.807, 2.05) is 24.2 Å². The van der Waals surface area contributed by atoms with Crippen LogP contribution >= 0.6 is 11.6 Å². The van der Waals surface area contributed by atoms with Gasteiger partial charge < -0.3 is 4.90 Å². The highest BCUT2D eigenvalue weighted by Crippen LogP contribution is 2.38. The molecule has 0 fully saturated rings. The predicted molar refractivity (Wildman–Crippen MR) is 100 cm³/mol. The van der Waals surface area contributed by atoms with Crippen molar-refractivity contribution in [2.75, 3.05) is 11.9 Å². The lowest BCUT2D eigenvalue weighted by molar-refractivity contribution is -0.141. The molecular formula is C19H23ClF3N3O. The van der Waals surface area contributed by atoms with Gasteiger partial charge in [0.15, 0.2) is 5.69 Å². The molecule has 0 aliphatic heterocycles. The Morgan fingerprint density at radius 2 is 1.85 bits per heavy atom. The number of hydrogen-bond acceptors (Lipinski definition) is 2. The summed E-state index contributed by atoms with van der Waals surface area (Å²) in [6.45, 7) is 8.37. The van der Waals surface area contributed by atoms with Crippen LogP contribution in [0.3, 0.4) is 0 Å². The summed E-state index contributed by atoms with van der Waals surface area (Å²) in [5.41, 5.74) is -0.498. The number of para-hydroxylation sites is 1. The number of benzene rings is 1. The Labute approximate surface area is 161 Å². The van der Waals surface area contributed by atoms with E-state index in [0.717, 1.165) is 12.0 Å². The maximum absolute atomic E-state index is 13.2. The molecule has 27 heavy (non-hydrogen) atoms. The number of amides is 1. The molecule has 0 aliphatic carbocycles. The van der Waals surface area contributed by atoms with E-state index in [-0.39, 0.29) is 11.3 Å². The maximum Gasteiger partial charge on any atom is 0.436 e. The number of nitrogens with zero attached hydrogens (tertiary/aromatic N) is 2. The third kappa shape index (κ3) is 4.83. The normalized spacial score (nSPS) is 13.5. The zero-order valence-corrected chi connectivity index (χ0v) is 16.7. The number of anilines is 1. The van der Waals surface area contributed by atoms with Crippen LogP contribution in [0.15, 0.2) is 24.3 Å². The van der Waals surface area contributed by atoms with Crippen molar-refractivity contribution in [3.05, 3.63) is 46.2 Å². The zero-order valence-electron chi connectivity index (χ0n) is 15.9. The first-order valence-corrected chi connectivity index (χ1v) is 8.88. The number of H-pyrrole nitrogens is 1. The Kier molecular flexibility index (Phi) is 5.94. The summed E-state index contributed by atoms with van der Waals surface area (Å²) in [5, 5.41) is 4.78. The smallest absolute Gasteiger partial charge is 0.311 e. The first-order chi connectivity index (χ1) is 12.3. The standard InChI is InChI=1S/C19H23ClF3N3O/c1-11(10-18(2,3)4)12-8-6-7-9-13(12)26(5)17(27)14-15(19(21,22)23)24-25-16(14)20/h6-9,11H,10H2,1-5H3,(H,24,25). The fourth-order valence-electron chi connectivity index (χ4n) is 3.24. The molecule has 2 rings (SSSR count). The van der Waals surface area contributed by atoms with E-state index in [1.165, 1.54) is 11.9 Å². The molecule has 0 saturated carbocycles. The molecule has 2 aromatic rings. The molecule has 1 atom stereocenters. The Balaban J connectivity index is 2.44. The second kappa shape index (κ2) is 7.54. The van der Waals surface area contributed by atoms with E-state index in [0.29, 0.717) is 5.69 Å². The number of hydrogen-bond donors (Lipinski definition) is 1. The number of carbonyl (C=O) groups excluding carboxylic acids is 1. The van der Waals surface area contributed by atoms with Crippen molar-refractivity contribution in [3.63, 3.8) is 0 Å². The molecule has 148 valence electrons. The Morgan fingerprint density at radius 3 is 2.41 bits per heavy atom. The Hall–Kier alpha value is -2.02. The van der Waals surface area contributed by atoms with Crippen molar-refractivity contribution in [2.45, 2.75) is 46.2 Å². The minimum absolute atomic E-state index is 0.0619. The molecule has 1 heterocycles. The molecule has 0 radical (unpaired) electrons. The number of rotatable bonds is 4. The minimum atomic E-state index is -4.78. The van der Waals surface area contributed by atoms with Crippen LogP contribution in [0.1, 0.15) is 61.6 Å². The van der Waals surface area contributed by atoms with Crippen LogP contribution in [0.25, 0.3) is 0 Å². The van der Waals surface area contributed by atoms with Crippen LogP contribution in [0, 0.1) is 5.41 Å². The van der Waals surface area contributed by atoms with E-state index < -0.39 is 28.5 Å². The van der Waals surface area contributed by atoms with Crippen molar-refractivity contribution >= 4 is 23.2 Å². The number of aromatic nitrogens is 2. The molecular weight excluding hydrogens is 379 g/mol. The topological polar surface area (TPSA) is 49.0 Å². The highest BCUT2D eigenvalue weighted by molar-refractivity contribution is 6.33. The molecule has 0 saturated heterocycles. The van der Waals surface area contributed by atoms with E-state index in [9.17, 15) is 18.0 Å². The van der Waals surface area contributed by atoms with Gasteiger partial charge in [-0.25, -0.2) is 0 Å². The second-order valence-electron chi connectivity index (χ2n) is 7.85. The molecule has 1 unspecified atom stereocenters. The van der Waals surface area contributed by atoms with Crippen LogP contribution < -0.4 is 4.90 Å². The molecule has 0 aliphatic rings. The largest absolute Gasteiger partial charge is 0.436 e. The fraction of sp³-hybridized carbons (Fsp3) is 0.474. The summed E-state index contributed by atoms with van der Waals surface area (Å²) in [6.07, 6.45) is -3.93. The van der Waals surface area contributed by atoms with Crippen LogP contribution in [-0.4, -0.2) is 23.2 Å². The number of alkyl halides is 3. The van der Waals surface area contributed by atoms with Crippen molar-refractivity contribution in [2.24, 2.45) is 5.41 Å². The lowest BCUT2D eigenvalue weighted by Crippen LogP contribution is -2.29. The summed E-state index contributed by atoms with van der Waals surface area (Å²) in [5.74, 6) is -0.755. The van der Waals surface area contributed by atoms with Crippen molar-refractivity contribution in [3.8, 4) is 0 Å². The first-order valence-electron chi connectivity index (χ1n) is 8.51. The Bertz CT molecular complexity index is 824. The van der Waals surface area contributed by atoms with Crippen molar-refractivity contribution in [1.82, 2.24) is 10.2 Å². The molecule has 8 heteroatoms. The first kappa shape index (κ1) is 21.3. The number of nitrogens with one attached hydrogen (secondary N) is 1. The van der Waals surface area contributed by atoms with Crippen LogP contribution in [0.2, 0.25) is 5.15 Å². The van der Waals surface area contributed by atoms with Gasteiger partial charge in [-0.15, -0.1) is 0 Å². The van der Waals surface area contributed by atoms with Gasteiger partial charge in [0.1, 0.15) is 10.7 Å². The van der Waals surface area contributed by atoms with Gasteiger partial charge in [0, 0.05) is 12.7 Å². The SMILES string of the molecule is CC(CC(C)(C)C)c1ccccc1N(C)C(=O)c1c(C(F)(F)F)n[nH]c1Cl. The molecule has 0 bridgehead atoms. The number of aromatic amines is 1. The van der Waals surface area contributed by atoms with E-state index in [2.05, 4.69) is 25.9 Å².